The number of halogens is 1. The molecule has 1 saturated carbocycles. The second-order valence-corrected chi connectivity index (χ2v) is 5.90. The monoisotopic (exact) mass is 282 g/mol. The van der Waals surface area contributed by atoms with Gasteiger partial charge in [0.05, 0.1) is 0 Å². The molecule has 19 heavy (non-hydrogen) atoms. The number of aryl methyl sites for hydroxylation is 1. The number of aldehydes is 1. The summed E-state index contributed by atoms with van der Waals surface area (Å²) in [7, 11) is 0. The van der Waals surface area contributed by atoms with Crippen molar-refractivity contribution < 1.29 is 4.79 Å². The van der Waals surface area contributed by atoms with Crippen LogP contribution >= 0.6 is 11.6 Å². The highest BCUT2D eigenvalue weighted by molar-refractivity contribution is 6.31. The van der Waals surface area contributed by atoms with Gasteiger partial charge >= 0.3 is 0 Å². The Morgan fingerprint density at radius 1 is 1.37 bits per heavy atom. The molecule has 1 aliphatic rings. The summed E-state index contributed by atoms with van der Waals surface area (Å²) in [5, 5.41) is 0.372. The lowest BCUT2D eigenvalue weighted by Gasteiger charge is -2.23. The first-order chi connectivity index (χ1) is 9.26. The molecule has 0 unspecified atom stereocenters. The van der Waals surface area contributed by atoms with Crippen LogP contribution in [0.3, 0.4) is 0 Å². The van der Waals surface area contributed by atoms with E-state index in [4.69, 9.17) is 11.6 Å². The summed E-state index contributed by atoms with van der Waals surface area (Å²) in [6, 6.07) is 0. The van der Waals surface area contributed by atoms with Crippen LogP contribution in [0.25, 0.3) is 0 Å². The third-order valence-corrected chi connectivity index (χ3v) is 4.35. The van der Waals surface area contributed by atoms with Crippen molar-refractivity contribution in [3.63, 3.8) is 0 Å². The summed E-state index contributed by atoms with van der Waals surface area (Å²) in [6.45, 7) is 3.07. The average Bonchev–Trinajstić information content (AvgIpc) is 2.73. The van der Waals surface area contributed by atoms with Crippen molar-refractivity contribution in [3.05, 3.63) is 16.7 Å². The van der Waals surface area contributed by atoms with Crippen LogP contribution in [-0.4, -0.2) is 15.8 Å². The topological polar surface area (TPSA) is 34.9 Å². The van der Waals surface area contributed by atoms with Crippen LogP contribution in [0.15, 0.2) is 0 Å². The van der Waals surface area contributed by atoms with E-state index in [1.807, 2.05) is 0 Å². The van der Waals surface area contributed by atoms with Crippen molar-refractivity contribution in [2.24, 2.45) is 5.92 Å². The number of unbranched alkanes of at least 4 members (excludes halogenated alkanes) is 1. The first kappa shape index (κ1) is 14.6. The minimum absolute atomic E-state index is 0.372. The van der Waals surface area contributed by atoms with Gasteiger partial charge in [-0.25, -0.2) is 4.98 Å². The molecule has 0 aromatic carbocycles. The summed E-state index contributed by atoms with van der Waals surface area (Å²) in [6.07, 6.45) is 10.5. The minimum Gasteiger partial charge on any atom is -0.324 e. The molecule has 2 rings (SSSR count). The van der Waals surface area contributed by atoms with Crippen molar-refractivity contribution in [3.8, 4) is 0 Å². The van der Waals surface area contributed by atoms with Gasteiger partial charge in [0.1, 0.15) is 11.5 Å². The van der Waals surface area contributed by atoms with Gasteiger partial charge in [-0.1, -0.05) is 44.2 Å². The number of carbonyl (C=O) groups excluding carboxylic acids is 1. The van der Waals surface area contributed by atoms with Gasteiger partial charge < -0.3 is 4.57 Å². The molecule has 1 fully saturated rings. The van der Waals surface area contributed by atoms with Crippen LogP contribution in [0.4, 0.5) is 0 Å². The van der Waals surface area contributed by atoms with Crippen LogP contribution in [0.1, 0.15) is 68.2 Å². The number of hydrogen-bond donors (Lipinski definition) is 0. The normalized spacial score (nSPS) is 16.7. The molecular weight excluding hydrogens is 260 g/mol. The highest BCUT2D eigenvalue weighted by atomic mass is 35.5. The molecule has 0 spiro atoms. The molecule has 1 aromatic rings. The fourth-order valence-electron chi connectivity index (χ4n) is 2.95. The highest BCUT2D eigenvalue weighted by Crippen LogP contribution is 2.27. The average molecular weight is 283 g/mol. The molecule has 3 nitrogen and oxygen atoms in total. The van der Waals surface area contributed by atoms with Crippen molar-refractivity contribution in [1.29, 1.82) is 0 Å². The van der Waals surface area contributed by atoms with E-state index in [2.05, 4.69) is 16.5 Å². The SMILES string of the molecule is CCCCc1nc(Cl)c(C=O)n1CC1CCCCC1. The fraction of sp³-hybridized carbons (Fsp3) is 0.733. The van der Waals surface area contributed by atoms with E-state index in [0.29, 0.717) is 16.8 Å². The Morgan fingerprint density at radius 3 is 2.74 bits per heavy atom. The third-order valence-electron chi connectivity index (χ3n) is 4.07. The predicted molar refractivity (Wildman–Crippen MR) is 77.8 cm³/mol. The maximum absolute atomic E-state index is 11.2. The zero-order chi connectivity index (χ0) is 13.7. The van der Waals surface area contributed by atoms with Crippen LogP contribution in [0.5, 0.6) is 0 Å². The quantitative estimate of drug-likeness (QED) is 0.730. The van der Waals surface area contributed by atoms with Gasteiger partial charge in [-0.05, 0) is 25.2 Å². The van der Waals surface area contributed by atoms with Crippen LogP contribution in [0, 0.1) is 5.92 Å². The number of carbonyl (C=O) groups is 1. The van der Waals surface area contributed by atoms with Crippen LogP contribution in [0.2, 0.25) is 5.15 Å². The Morgan fingerprint density at radius 2 is 2.11 bits per heavy atom. The molecule has 0 bridgehead atoms. The van der Waals surface area contributed by atoms with Gasteiger partial charge in [-0.15, -0.1) is 0 Å². The van der Waals surface area contributed by atoms with E-state index in [0.717, 1.165) is 37.9 Å². The summed E-state index contributed by atoms with van der Waals surface area (Å²) < 4.78 is 2.07. The Hall–Kier alpha value is -0.830. The molecule has 0 atom stereocenters. The number of imidazole rings is 1. The van der Waals surface area contributed by atoms with Gasteiger partial charge in [0, 0.05) is 13.0 Å². The highest BCUT2D eigenvalue weighted by Gasteiger charge is 2.20. The summed E-state index contributed by atoms with van der Waals surface area (Å²) in [5.41, 5.74) is 0.568. The molecule has 1 aromatic heterocycles. The zero-order valence-electron chi connectivity index (χ0n) is 11.7. The van der Waals surface area contributed by atoms with Crippen molar-refractivity contribution in [1.82, 2.24) is 9.55 Å². The van der Waals surface area contributed by atoms with E-state index >= 15 is 0 Å². The van der Waals surface area contributed by atoms with Gasteiger partial charge in [0.25, 0.3) is 0 Å². The van der Waals surface area contributed by atoms with Crippen LogP contribution < -0.4 is 0 Å². The molecule has 0 radical (unpaired) electrons. The molecule has 0 amide bonds. The summed E-state index contributed by atoms with van der Waals surface area (Å²) in [4.78, 5) is 15.6. The maximum atomic E-state index is 11.2. The lowest BCUT2D eigenvalue weighted by molar-refractivity contribution is 0.111. The molecule has 0 N–H and O–H groups in total. The van der Waals surface area contributed by atoms with E-state index in [1.54, 1.807) is 0 Å². The predicted octanol–water partition coefficient (Wildman–Crippen LogP) is 4.27. The largest absolute Gasteiger partial charge is 0.324 e. The van der Waals surface area contributed by atoms with Crippen LogP contribution in [-0.2, 0) is 13.0 Å². The zero-order valence-corrected chi connectivity index (χ0v) is 12.5. The molecule has 0 aliphatic heterocycles. The van der Waals surface area contributed by atoms with Gasteiger partial charge in [-0.2, -0.15) is 0 Å². The Balaban J connectivity index is 2.16. The maximum Gasteiger partial charge on any atom is 0.169 e. The standard InChI is InChI=1S/C15H23ClN2O/c1-2-3-9-14-17-15(16)13(11-19)18(14)10-12-7-5-4-6-8-12/h11-12H,2-10H2,1H3. The molecule has 0 saturated heterocycles. The first-order valence-electron chi connectivity index (χ1n) is 7.46. The number of nitrogens with zero attached hydrogens (tertiary/aromatic N) is 2. The Labute approximate surface area is 120 Å². The molecule has 106 valence electrons. The lowest BCUT2D eigenvalue weighted by atomic mass is 9.89. The number of hydrogen-bond acceptors (Lipinski definition) is 2. The number of rotatable bonds is 6. The second-order valence-electron chi connectivity index (χ2n) is 5.54. The fourth-order valence-corrected chi connectivity index (χ4v) is 3.20. The van der Waals surface area contributed by atoms with E-state index in [9.17, 15) is 4.79 Å². The van der Waals surface area contributed by atoms with E-state index < -0.39 is 0 Å². The van der Waals surface area contributed by atoms with Gasteiger partial charge in [0.15, 0.2) is 11.4 Å². The molecule has 1 aliphatic carbocycles. The molecular formula is C15H23ClN2O. The van der Waals surface area contributed by atoms with Crippen molar-refractivity contribution in [2.75, 3.05) is 0 Å². The summed E-state index contributed by atoms with van der Waals surface area (Å²) >= 11 is 6.08. The minimum atomic E-state index is 0.372. The Kier molecular flexibility index (Phi) is 5.44. The van der Waals surface area contributed by atoms with Gasteiger partial charge in [0.2, 0.25) is 0 Å². The van der Waals surface area contributed by atoms with E-state index in [-0.39, 0.29) is 0 Å². The smallest absolute Gasteiger partial charge is 0.169 e. The van der Waals surface area contributed by atoms with Crippen molar-refractivity contribution in [2.45, 2.75) is 64.8 Å². The summed E-state index contributed by atoms with van der Waals surface area (Å²) in [5.74, 6) is 1.66. The van der Waals surface area contributed by atoms with E-state index in [1.165, 1.54) is 32.1 Å². The second kappa shape index (κ2) is 7.09. The molecule has 1 heterocycles. The first-order valence-corrected chi connectivity index (χ1v) is 7.84. The molecule has 4 heteroatoms. The Bertz CT molecular complexity index is 422. The van der Waals surface area contributed by atoms with Gasteiger partial charge in [-0.3, -0.25) is 4.79 Å². The number of aromatic nitrogens is 2. The van der Waals surface area contributed by atoms with Crippen molar-refractivity contribution >= 4 is 17.9 Å². The third kappa shape index (κ3) is 3.59. The lowest BCUT2D eigenvalue weighted by Crippen LogP contribution is -2.17.